The van der Waals surface area contributed by atoms with E-state index in [0.717, 1.165) is 25.7 Å². The highest BCUT2D eigenvalue weighted by Crippen LogP contribution is 2.36. The molecule has 0 aromatic heterocycles. The van der Waals surface area contributed by atoms with Crippen LogP contribution in [0.2, 0.25) is 0 Å². The van der Waals surface area contributed by atoms with Gasteiger partial charge in [-0.05, 0) is 43.4 Å². The molecule has 20 heavy (non-hydrogen) atoms. The highest BCUT2D eigenvalue weighted by atomic mass is 16.1. The molecule has 2 nitrogen and oxygen atoms in total. The van der Waals surface area contributed by atoms with Crippen molar-refractivity contribution in [1.82, 2.24) is 0 Å². The van der Waals surface area contributed by atoms with Gasteiger partial charge in [0.2, 0.25) is 0 Å². The standard InChI is InChI=1S/C18H27NO/c1-14-8-7-9-15(2)16(14)12-17(20)18(13-19)10-5-3-4-6-11-18/h7-9H,3-6,10-13,19H2,1-2H3. The Labute approximate surface area is 122 Å². The summed E-state index contributed by atoms with van der Waals surface area (Å²) in [6.07, 6.45) is 7.30. The molecule has 0 radical (unpaired) electrons. The zero-order valence-electron chi connectivity index (χ0n) is 12.9. The molecule has 1 aliphatic carbocycles. The topological polar surface area (TPSA) is 43.1 Å². The molecule has 1 aromatic carbocycles. The summed E-state index contributed by atoms with van der Waals surface area (Å²) in [6.45, 7) is 4.70. The van der Waals surface area contributed by atoms with Crippen LogP contribution in [0.15, 0.2) is 18.2 Å². The van der Waals surface area contributed by atoms with Gasteiger partial charge in [0.25, 0.3) is 0 Å². The van der Waals surface area contributed by atoms with Gasteiger partial charge >= 0.3 is 0 Å². The van der Waals surface area contributed by atoms with Crippen LogP contribution in [0.1, 0.15) is 55.2 Å². The van der Waals surface area contributed by atoms with E-state index in [1.807, 2.05) is 0 Å². The average molecular weight is 273 g/mol. The lowest BCUT2D eigenvalue weighted by molar-refractivity contribution is -0.128. The van der Waals surface area contributed by atoms with E-state index in [4.69, 9.17) is 5.73 Å². The van der Waals surface area contributed by atoms with E-state index in [0.29, 0.717) is 18.7 Å². The Kier molecular flexibility index (Phi) is 4.98. The van der Waals surface area contributed by atoms with Crippen LogP contribution in [0.25, 0.3) is 0 Å². The molecule has 1 saturated carbocycles. The van der Waals surface area contributed by atoms with Crippen molar-refractivity contribution in [2.45, 2.75) is 58.8 Å². The molecule has 110 valence electrons. The van der Waals surface area contributed by atoms with E-state index in [9.17, 15) is 4.79 Å². The average Bonchev–Trinajstić information content (AvgIpc) is 2.69. The smallest absolute Gasteiger partial charge is 0.144 e. The second kappa shape index (κ2) is 6.53. The van der Waals surface area contributed by atoms with Crippen molar-refractivity contribution in [3.63, 3.8) is 0 Å². The van der Waals surface area contributed by atoms with E-state index >= 15 is 0 Å². The van der Waals surface area contributed by atoms with Gasteiger partial charge in [0, 0.05) is 18.4 Å². The molecule has 0 atom stereocenters. The first-order chi connectivity index (χ1) is 9.59. The second-order valence-electron chi connectivity index (χ2n) is 6.37. The lowest BCUT2D eigenvalue weighted by Crippen LogP contribution is -2.39. The van der Waals surface area contributed by atoms with Crippen molar-refractivity contribution in [3.05, 3.63) is 34.9 Å². The molecule has 2 rings (SSSR count). The van der Waals surface area contributed by atoms with Gasteiger partial charge in [0.1, 0.15) is 5.78 Å². The minimum atomic E-state index is -0.259. The van der Waals surface area contributed by atoms with Crippen LogP contribution >= 0.6 is 0 Å². The molecule has 1 fully saturated rings. The van der Waals surface area contributed by atoms with Crippen molar-refractivity contribution in [3.8, 4) is 0 Å². The van der Waals surface area contributed by atoms with Gasteiger partial charge in [-0.15, -0.1) is 0 Å². The summed E-state index contributed by atoms with van der Waals surface area (Å²) in [5.41, 5.74) is 9.40. The number of nitrogens with two attached hydrogens (primary N) is 1. The van der Waals surface area contributed by atoms with E-state index in [2.05, 4.69) is 32.0 Å². The maximum absolute atomic E-state index is 12.9. The lowest BCUT2D eigenvalue weighted by atomic mass is 9.74. The summed E-state index contributed by atoms with van der Waals surface area (Å²) < 4.78 is 0. The van der Waals surface area contributed by atoms with Gasteiger partial charge in [-0.2, -0.15) is 0 Å². The van der Waals surface area contributed by atoms with Crippen LogP contribution in [-0.2, 0) is 11.2 Å². The predicted molar refractivity (Wildman–Crippen MR) is 83.8 cm³/mol. The predicted octanol–water partition coefficient (Wildman–Crippen LogP) is 3.71. The number of aryl methyl sites for hydroxylation is 2. The van der Waals surface area contributed by atoms with Gasteiger partial charge in [-0.25, -0.2) is 0 Å². The number of carbonyl (C=O) groups excluding carboxylic acids is 1. The molecule has 2 heteroatoms. The Hall–Kier alpha value is -1.15. The zero-order chi connectivity index (χ0) is 14.6. The number of rotatable bonds is 4. The zero-order valence-corrected chi connectivity index (χ0v) is 12.9. The highest BCUT2D eigenvalue weighted by molar-refractivity contribution is 5.87. The summed E-state index contributed by atoms with van der Waals surface area (Å²) in [5.74, 6) is 0.360. The fourth-order valence-electron chi connectivity index (χ4n) is 3.48. The summed E-state index contributed by atoms with van der Waals surface area (Å²) in [5, 5.41) is 0. The Morgan fingerprint density at radius 3 is 2.15 bits per heavy atom. The third-order valence-electron chi connectivity index (χ3n) is 5.02. The van der Waals surface area contributed by atoms with E-state index in [1.54, 1.807) is 0 Å². The van der Waals surface area contributed by atoms with E-state index in [1.165, 1.54) is 29.5 Å². The molecular weight excluding hydrogens is 246 g/mol. The number of benzene rings is 1. The van der Waals surface area contributed by atoms with Crippen molar-refractivity contribution >= 4 is 5.78 Å². The minimum absolute atomic E-state index is 0.259. The summed E-state index contributed by atoms with van der Waals surface area (Å²) in [7, 11) is 0. The molecule has 0 amide bonds. The SMILES string of the molecule is Cc1cccc(C)c1CC(=O)C1(CN)CCCCCC1. The van der Waals surface area contributed by atoms with Gasteiger partial charge in [-0.1, -0.05) is 43.9 Å². The lowest BCUT2D eigenvalue weighted by Gasteiger charge is -2.30. The Bertz CT molecular complexity index is 450. The first kappa shape index (κ1) is 15.2. The monoisotopic (exact) mass is 273 g/mol. The molecule has 0 aliphatic heterocycles. The molecule has 0 bridgehead atoms. The van der Waals surface area contributed by atoms with Crippen LogP contribution in [0.3, 0.4) is 0 Å². The molecule has 0 unspecified atom stereocenters. The molecule has 1 aliphatic rings. The third-order valence-corrected chi connectivity index (χ3v) is 5.02. The molecule has 2 N–H and O–H groups in total. The normalized spacial score (nSPS) is 18.6. The number of hydrogen-bond acceptors (Lipinski definition) is 2. The van der Waals surface area contributed by atoms with Crippen LogP contribution < -0.4 is 5.73 Å². The summed E-state index contributed by atoms with van der Waals surface area (Å²) >= 11 is 0. The van der Waals surface area contributed by atoms with Gasteiger partial charge in [-0.3, -0.25) is 4.79 Å². The Morgan fingerprint density at radius 1 is 1.10 bits per heavy atom. The Balaban J connectivity index is 2.21. The minimum Gasteiger partial charge on any atom is -0.329 e. The fourth-order valence-corrected chi connectivity index (χ4v) is 3.48. The first-order valence-electron chi connectivity index (χ1n) is 7.87. The number of carbonyl (C=O) groups is 1. The van der Waals surface area contributed by atoms with E-state index in [-0.39, 0.29) is 5.41 Å². The number of Topliss-reactive ketones (excluding diaryl/α,β-unsaturated/α-hetero) is 1. The third kappa shape index (κ3) is 3.12. The Morgan fingerprint density at radius 2 is 1.65 bits per heavy atom. The molecule has 0 heterocycles. The first-order valence-corrected chi connectivity index (χ1v) is 7.87. The fraction of sp³-hybridized carbons (Fsp3) is 0.611. The summed E-state index contributed by atoms with van der Waals surface area (Å²) in [4.78, 5) is 12.9. The second-order valence-corrected chi connectivity index (χ2v) is 6.37. The molecular formula is C18H27NO. The number of hydrogen-bond donors (Lipinski definition) is 1. The van der Waals surface area contributed by atoms with E-state index < -0.39 is 0 Å². The van der Waals surface area contributed by atoms with Crippen LogP contribution in [0.4, 0.5) is 0 Å². The van der Waals surface area contributed by atoms with Crippen molar-refractivity contribution in [2.75, 3.05) is 6.54 Å². The van der Waals surface area contributed by atoms with Gasteiger partial charge < -0.3 is 5.73 Å². The van der Waals surface area contributed by atoms with Crippen LogP contribution in [0, 0.1) is 19.3 Å². The largest absolute Gasteiger partial charge is 0.329 e. The number of ketones is 1. The molecule has 0 saturated heterocycles. The maximum atomic E-state index is 12.9. The van der Waals surface area contributed by atoms with Gasteiger partial charge in [0.15, 0.2) is 0 Å². The highest BCUT2D eigenvalue weighted by Gasteiger charge is 2.36. The van der Waals surface area contributed by atoms with Gasteiger partial charge in [0.05, 0.1) is 0 Å². The van der Waals surface area contributed by atoms with Crippen LogP contribution in [-0.4, -0.2) is 12.3 Å². The van der Waals surface area contributed by atoms with Crippen molar-refractivity contribution in [1.29, 1.82) is 0 Å². The molecule has 1 aromatic rings. The van der Waals surface area contributed by atoms with Crippen LogP contribution in [0.5, 0.6) is 0 Å². The quantitative estimate of drug-likeness (QED) is 0.850. The molecule has 0 spiro atoms. The maximum Gasteiger partial charge on any atom is 0.144 e. The van der Waals surface area contributed by atoms with Crippen molar-refractivity contribution < 1.29 is 4.79 Å². The van der Waals surface area contributed by atoms with Crippen molar-refractivity contribution in [2.24, 2.45) is 11.1 Å². The summed E-state index contributed by atoms with van der Waals surface area (Å²) in [6, 6.07) is 6.25.